The molecule has 0 radical (unpaired) electrons. The maximum absolute atomic E-state index is 12.8. The third-order valence-electron chi connectivity index (χ3n) is 4.15. The average Bonchev–Trinajstić information content (AvgIpc) is 2.74. The second-order valence-corrected chi connectivity index (χ2v) is 8.20. The maximum atomic E-state index is 12.8. The van der Waals surface area contributed by atoms with E-state index in [2.05, 4.69) is 26.5 Å². The summed E-state index contributed by atoms with van der Waals surface area (Å²) in [4.78, 5) is 12.1. The number of hydrogen-bond acceptors (Lipinski definition) is 3. The third kappa shape index (κ3) is 6.48. The van der Waals surface area contributed by atoms with Gasteiger partial charge in [-0.2, -0.15) is 18.3 Å². The van der Waals surface area contributed by atoms with Crippen LogP contribution in [0.15, 0.2) is 70.2 Å². The number of amides is 1. The van der Waals surface area contributed by atoms with Gasteiger partial charge < -0.3 is 4.74 Å². The molecule has 0 heterocycles. The molecule has 3 aromatic carbocycles. The summed E-state index contributed by atoms with van der Waals surface area (Å²) in [7, 11) is 0. The van der Waals surface area contributed by atoms with E-state index in [1.54, 1.807) is 24.3 Å². The highest BCUT2D eigenvalue weighted by molar-refractivity contribution is 9.10. The minimum atomic E-state index is -4.54. The van der Waals surface area contributed by atoms with E-state index in [0.29, 0.717) is 25.8 Å². The molecule has 166 valence electrons. The number of halogens is 6. The molecule has 4 nitrogen and oxygen atoms in total. The molecule has 1 amide bonds. The summed E-state index contributed by atoms with van der Waals surface area (Å²) in [6.07, 6.45) is -3.23. The van der Waals surface area contributed by atoms with Gasteiger partial charge in [0.15, 0.2) is 5.75 Å². The summed E-state index contributed by atoms with van der Waals surface area (Å²) >= 11 is 15.5. The monoisotopic (exact) mass is 544 g/mol. The SMILES string of the molecule is O=C(N/N=C\c1cc(Cl)c(OCc2ccc(Cl)cc2)c(Br)c1)c1cccc(C(F)(F)F)c1. The summed E-state index contributed by atoms with van der Waals surface area (Å²) in [5.41, 5.74) is 2.55. The van der Waals surface area contributed by atoms with Crippen molar-refractivity contribution in [3.63, 3.8) is 0 Å². The van der Waals surface area contributed by atoms with Crippen LogP contribution in [-0.2, 0) is 12.8 Å². The summed E-state index contributed by atoms with van der Waals surface area (Å²) < 4.78 is 44.7. The van der Waals surface area contributed by atoms with Crippen LogP contribution in [0.2, 0.25) is 10.0 Å². The van der Waals surface area contributed by atoms with Crippen LogP contribution in [0.5, 0.6) is 5.75 Å². The Hall–Kier alpha value is -2.55. The van der Waals surface area contributed by atoms with Crippen molar-refractivity contribution in [3.8, 4) is 5.75 Å². The maximum Gasteiger partial charge on any atom is 0.416 e. The molecule has 3 aromatic rings. The van der Waals surface area contributed by atoms with Gasteiger partial charge in [-0.25, -0.2) is 5.43 Å². The number of nitrogens with zero attached hydrogens (tertiary/aromatic N) is 1. The number of nitrogens with one attached hydrogen (secondary N) is 1. The lowest BCUT2D eigenvalue weighted by molar-refractivity contribution is -0.137. The zero-order valence-electron chi connectivity index (χ0n) is 16.1. The van der Waals surface area contributed by atoms with Gasteiger partial charge >= 0.3 is 6.18 Å². The molecule has 0 aliphatic heterocycles. The lowest BCUT2D eigenvalue weighted by Gasteiger charge is -2.11. The van der Waals surface area contributed by atoms with Crippen LogP contribution in [0.4, 0.5) is 13.2 Å². The Morgan fingerprint density at radius 3 is 2.47 bits per heavy atom. The molecule has 1 N–H and O–H groups in total. The summed E-state index contributed by atoms with van der Waals surface area (Å²) in [6.45, 7) is 0.274. The fourth-order valence-electron chi connectivity index (χ4n) is 2.59. The van der Waals surface area contributed by atoms with E-state index in [9.17, 15) is 18.0 Å². The number of hydrazone groups is 1. The van der Waals surface area contributed by atoms with Crippen molar-refractivity contribution in [2.24, 2.45) is 5.10 Å². The number of hydrogen-bond donors (Lipinski definition) is 1. The van der Waals surface area contributed by atoms with Gasteiger partial charge in [-0.15, -0.1) is 0 Å². The lowest BCUT2D eigenvalue weighted by atomic mass is 10.1. The van der Waals surface area contributed by atoms with Gasteiger partial charge in [-0.3, -0.25) is 4.79 Å². The van der Waals surface area contributed by atoms with E-state index in [-0.39, 0.29) is 12.2 Å². The predicted molar refractivity (Wildman–Crippen MR) is 121 cm³/mol. The molecule has 0 fully saturated rings. The molecule has 0 aromatic heterocycles. The Labute approximate surface area is 200 Å². The van der Waals surface area contributed by atoms with Crippen molar-refractivity contribution in [2.45, 2.75) is 12.8 Å². The molecule has 0 saturated heterocycles. The average molecular weight is 546 g/mol. The minimum Gasteiger partial charge on any atom is -0.486 e. The Kier molecular flexibility index (Phi) is 7.82. The second-order valence-electron chi connectivity index (χ2n) is 6.51. The van der Waals surface area contributed by atoms with Gasteiger partial charge in [-0.05, 0) is 69.5 Å². The molecule has 32 heavy (non-hydrogen) atoms. The predicted octanol–water partition coefficient (Wildman–Crippen LogP) is 7.12. The highest BCUT2D eigenvalue weighted by Gasteiger charge is 2.30. The Morgan fingerprint density at radius 2 is 1.81 bits per heavy atom. The number of benzene rings is 3. The minimum absolute atomic E-state index is 0.165. The first-order chi connectivity index (χ1) is 15.1. The van der Waals surface area contributed by atoms with Gasteiger partial charge in [0, 0.05) is 10.6 Å². The van der Waals surface area contributed by atoms with Crippen LogP contribution in [-0.4, -0.2) is 12.1 Å². The van der Waals surface area contributed by atoms with Crippen molar-refractivity contribution in [3.05, 3.63) is 97.4 Å². The molecular weight excluding hydrogens is 532 g/mol. The van der Waals surface area contributed by atoms with E-state index in [0.717, 1.165) is 23.8 Å². The molecule has 0 aliphatic carbocycles. The number of alkyl halides is 3. The van der Waals surface area contributed by atoms with Crippen LogP contribution in [0.1, 0.15) is 27.0 Å². The number of rotatable bonds is 6. The lowest BCUT2D eigenvalue weighted by Crippen LogP contribution is -2.18. The fraction of sp³-hybridized carbons (Fsp3) is 0.0909. The van der Waals surface area contributed by atoms with Crippen molar-refractivity contribution in [1.29, 1.82) is 0 Å². The molecular formula is C22H14BrCl2F3N2O2. The van der Waals surface area contributed by atoms with Gasteiger partial charge in [-0.1, -0.05) is 41.4 Å². The van der Waals surface area contributed by atoms with Crippen LogP contribution in [0.25, 0.3) is 0 Å². The molecule has 0 aliphatic rings. The molecule has 0 spiro atoms. The van der Waals surface area contributed by atoms with Gasteiger partial charge in [0.1, 0.15) is 6.61 Å². The molecule has 3 rings (SSSR count). The molecule has 0 unspecified atom stereocenters. The highest BCUT2D eigenvalue weighted by Crippen LogP contribution is 2.35. The van der Waals surface area contributed by atoms with Crippen molar-refractivity contribution < 1.29 is 22.7 Å². The molecule has 10 heteroatoms. The van der Waals surface area contributed by atoms with Crippen LogP contribution in [0, 0.1) is 0 Å². The van der Waals surface area contributed by atoms with Crippen LogP contribution >= 0.6 is 39.1 Å². The van der Waals surface area contributed by atoms with E-state index in [1.807, 2.05) is 12.1 Å². The number of ether oxygens (including phenoxy) is 1. The Morgan fingerprint density at radius 1 is 1.09 bits per heavy atom. The first-order valence-electron chi connectivity index (χ1n) is 9.00. The van der Waals surface area contributed by atoms with Crippen LogP contribution in [0.3, 0.4) is 0 Å². The number of carbonyl (C=O) groups is 1. The van der Waals surface area contributed by atoms with Gasteiger partial charge in [0.25, 0.3) is 5.91 Å². The topological polar surface area (TPSA) is 50.7 Å². The fourth-order valence-corrected chi connectivity index (χ4v) is 3.71. The molecule has 0 saturated carbocycles. The van der Waals surface area contributed by atoms with E-state index < -0.39 is 17.6 Å². The zero-order valence-corrected chi connectivity index (χ0v) is 19.2. The highest BCUT2D eigenvalue weighted by atomic mass is 79.9. The Balaban J connectivity index is 1.65. The third-order valence-corrected chi connectivity index (χ3v) is 5.27. The van der Waals surface area contributed by atoms with Crippen LogP contribution < -0.4 is 10.2 Å². The van der Waals surface area contributed by atoms with Gasteiger partial charge in [0.2, 0.25) is 0 Å². The first-order valence-corrected chi connectivity index (χ1v) is 10.6. The van der Waals surface area contributed by atoms with Crippen molar-refractivity contribution >= 4 is 51.3 Å². The standard InChI is InChI=1S/C22H14BrCl2F3N2O2/c23-18-8-14(9-19(25)20(18)32-12-13-4-6-17(24)7-5-13)11-29-30-21(31)15-2-1-3-16(10-15)22(26,27)28/h1-11H,12H2,(H,30,31)/b29-11-. The van der Waals surface area contributed by atoms with Crippen molar-refractivity contribution in [2.75, 3.05) is 0 Å². The Bertz CT molecular complexity index is 1130. The van der Waals surface area contributed by atoms with Gasteiger partial charge in [0.05, 0.1) is 21.3 Å². The summed E-state index contributed by atoms with van der Waals surface area (Å²) in [6, 6.07) is 14.5. The first kappa shape index (κ1) is 24.1. The number of carbonyl (C=O) groups excluding carboxylic acids is 1. The largest absolute Gasteiger partial charge is 0.486 e. The second kappa shape index (κ2) is 10.4. The normalized spacial score (nSPS) is 11.6. The van der Waals surface area contributed by atoms with E-state index in [4.69, 9.17) is 27.9 Å². The summed E-state index contributed by atoms with van der Waals surface area (Å²) in [5, 5.41) is 4.71. The summed E-state index contributed by atoms with van der Waals surface area (Å²) in [5.74, 6) is -0.354. The molecule has 0 bridgehead atoms. The van der Waals surface area contributed by atoms with E-state index in [1.165, 1.54) is 12.3 Å². The zero-order chi connectivity index (χ0) is 23.3. The smallest absolute Gasteiger partial charge is 0.416 e. The van der Waals surface area contributed by atoms with E-state index >= 15 is 0 Å². The van der Waals surface area contributed by atoms with Crippen molar-refractivity contribution in [1.82, 2.24) is 5.43 Å². The quantitative estimate of drug-likeness (QED) is 0.265. The molecule has 0 atom stereocenters.